The van der Waals surface area contributed by atoms with Gasteiger partial charge in [0.05, 0.1) is 0 Å². The van der Waals surface area contributed by atoms with E-state index in [1.807, 2.05) is 6.92 Å². The standard InChI is InChI=1S/C12H17FN2O2S.ClH/c1-9-8-14-7-6-11(9)15-18(16,17)12-5-3-2-4-10(12)13;/h2-5,9,11,14-15H,6-8H2,1H3;1H. The number of sulfonamides is 1. The van der Waals surface area contributed by atoms with Gasteiger partial charge in [0.15, 0.2) is 0 Å². The number of hydrogen-bond acceptors (Lipinski definition) is 3. The summed E-state index contributed by atoms with van der Waals surface area (Å²) in [6.45, 7) is 3.51. The Balaban J connectivity index is 0.00000180. The minimum Gasteiger partial charge on any atom is -0.316 e. The number of hydrogen-bond donors (Lipinski definition) is 2. The van der Waals surface area contributed by atoms with Crippen LogP contribution in [0.3, 0.4) is 0 Å². The first-order valence-electron chi connectivity index (χ1n) is 5.98. The molecule has 2 N–H and O–H groups in total. The Morgan fingerprint density at radius 2 is 2.05 bits per heavy atom. The fourth-order valence-corrected chi connectivity index (χ4v) is 3.57. The van der Waals surface area contributed by atoms with Crippen LogP contribution in [0, 0.1) is 11.7 Å². The molecule has 2 rings (SSSR count). The van der Waals surface area contributed by atoms with Gasteiger partial charge in [-0.1, -0.05) is 19.1 Å². The van der Waals surface area contributed by atoms with Gasteiger partial charge in [0.2, 0.25) is 10.0 Å². The van der Waals surface area contributed by atoms with Gasteiger partial charge >= 0.3 is 0 Å². The monoisotopic (exact) mass is 308 g/mol. The van der Waals surface area contributed by atoms with E-state index in [0.717, 1.165) is 25.6 Å². The van der Waals surface area contributed by atoms with Crippen molar-refractivity contribution >= 4 is 22.4 Å². The topological polar surface area (TPSA) is 58.2 Å². The molecule has 0 aromatic heterocycles. The van der Waals surface area contributed by atoms with E-state index in [-0.39, 0.29) is 29.3 Å². The minimum atomic E-state index is -3.78. The van der Waals surface area contributed by atoms with Crippen LogP contribution in [0.4, 0.5) is 4.39 Å². The van der Waals surface area contributed by atoms with E-state index >= 15 is 0 Å². The lowest BCUT2D eigenvalue weighted by molar-refractivity contribution is 0.327. The highest BCUT2D eigenvalue weighted by Crippen LogP contribution is 2.17. The molecule has 19 heavy (non-hydrogen) atoms. The molecular formula is C12H18ClFN2O2S. The number of rotatable bonds is 3. The van der Waals surface area contributed by atoms with Crippen LogP contribution in [0.2, 0.25) is 0 Å². The molecule has 1 fully saturated rings. The number of nitrogens with one attached hydrogen (secondary N) is 2. The van der Waals surface area contributed by atoms with Crippen molar-refractivity contribution in [2.45, 2.75) is 24.3 Å². The van der Waals surface area contributed by atoms with E-state index in [1.165, 1.54) is 18.2 Å². The van der Waals surface area contributed by atoms with Crippen molar-refractivity contribution in [3.63, 3.8) is 0 Å². The second kappa shape index (κ2) is 6.65. The summed E-state index contributed by atoms with van der Waals surface area (Å²) in [6, 6.07) is 5.28. The van der Waals surface area contributed by atoms with E-state index in [1.54, 1.807) is 0 Å². The third kappa shape index (κ3) is 3.89. The molecule has 0 bridgehead atoms. The zero-order chi connectivity index (χ0) is 13.2. The highest BCUT2D eigenvalue weighted by atomic mass is 35.5. The van der Waals surface area contributed by atoms with Crippen LogP contribution in [0.15, 0.2) is 29.2 Å². The molecule has 2 unspecified atom stereocenters. The van der Waals surface area contributed by atoms with Crippen molar-refractivity contribution in [3.8, 4) is 0 Å². The molecule has 108 valence electrons. The van der Waals surface area contributed by atoms with Gasteiger partial charge in [-0.2, -0.15) is 0 Å². The predicted molar refractivity (Wildman–Crippen MR) is 74.4 cm³/mol. The van der Waals surface area contributed by atoms with Gasteiger partial charge in [0.1, 0.15) is 10.7 Å². The summed E-state index contributed by atoms with van der Waals surface area (Å²) in [5.74, 6) is -0.521. The molecule has 4 nitrogen and oxygen atoms in total. The highest BCUT2D eigenvalue weighted by Gasteiger charge is 2.27. The molecule has 0 aliphatic carbocycles. The molecule has 0 radical (unpaired) electrons. The molecule has 1 aliphatic rings. The second-order valence-electron chi connectivity index (χ2n) is 4.63. The first kappa shape index (κ1) is 16.4. The lowest BCUT2D eigenvalue weighted by atomic mass is 9.97. The lowest BCUT2D eigenvalue weighted by Gasteiger charge is -2.29. The fourth-order valence-electron chi connectivity index (χ4n) is 2.11. The van der Waals surface area contributed by atoms with Crippen LogP contribution in [0.5, 0.6) is 0 Å². The van der Waals surface area contributed by atoms with Gasteiger partial charge in [0.25, 0.3) is 0 Å². The summed E-state index contributed by atoms with van der Waals surface area (Å²) in [5, 5.41) is 3.19. The summed E-state index contributed by atoms with van der Waals surface area (Å²) in [4.78, 5) is -0.282. The van der Waals surface area contributed by atoms with E-state index in [2.05, 4.69) is 10.0 Å². The Morgan fingerprint density at radius 3 is 2.68 bits per heavy atom. The third-order valence-electron chi connectivity index (χ3n) is 3.22. The first-order chi connectivity index (χ1) is 8.50. The maximum Gasteiger partial charge on any atom is 0.243 e. The molecule has 1 aliphatic heterocycles. The van der Waals surface area contributed by atoms with Gasteiger partial charge in [0, 0.05) is 6.04 Å². The molecule has 2 atom stereocenters. The van der Waals surface area contributed by atoms with Crippen molar-refractivity contribution in [2.75, 3.05) is 13.1 Å². The van der Waals surface area contributed by atoms with Crippen molar-refractivity contribution < 1.29 is 12.8 Å². The normalized spacial score (nSPS) is 23.7. The van der Waals surface area contributed by atoms with Crippen LogP contribution < -0.4 is 10.0 Å². The van der Waals surface area contributed by atoms with Crippen LogP contribution in [-0.4, -0.2) is 27.5 Å². The predicted octanol–water partition coefficient (Wildman–Crippen LogP) is 1.52. The van der Waals surface area contributed by atoms with Crippen LogP contribution >= 0.6 is 12.4 Å². The number of halogens is 2. The van der Waals surface area contributed by atoms with E-state index in [9.17, 15) is 12.8 Å². The molecule has 1 saturated heterocycles. The zero-order valence-corrected chi connectivity index (χ0v) is 12.2. The SMILES string of the molecule is CC1CNCCC1NS(=O)(=O)c1ccccc1F.Cl. The molecule has 0 amide bonds. The molecule has 1 aromatic carbocycles. The Hall–Kier alpha value is -0.690. The molecule has 7 heteroatoms. The highest BCUT2D eigenvalue weighted by molar-refractivity contribution is 7.89. The quantitative estimate of drug-likeness (QED) is 0.890. The lowest BCUT2D eigenvalue weighted by Crippen LogP contribution is -2.48. The summed E-state index contributed by atoms with van der Waals surface area (Å²) >= 11 is 0. The maximum atomic E-state index is 13.5. The molecule has 1 aromatic rings. The van der Waals surface area contributed by atoms with Crippen molar-refractivity contribution in [3.05, 3.63) is 30.1 Å². The fraction of sp³-hybridized carbons (Fsp3) is 0.500. The Labute approximate surface area is 119 Å². The minimum absolute atomic E-state index is 0. The smallest absolute Gasteiger partial charge is 0.243 e. The number of piperidine rings is 1. The molecule has 1 heterocycles. The largest absolute Gasteiger partial charge is 0.316 e. The Kier molecular flexibility index (Phi) is 5.73. The molecule has 0 spiro atoms. The summed E-state index contributed by atoms with van der Waals surface area (Å²) < 4.78 is 40.3. The van der Waals surface area contributed by atoms with Gasteiger partial charge in [-0.25, -0.2) is 17.5 Å². The Morgan fingerprint density at radius 1 is 1.37 bits per heavy atom. The van der Waals surface area contributed by atoms with Gasteiger partial charge in [-0.3, -0.25) is 0 Å². The summed E-state index contributed by atoms with van der Waals surface area (Å²) in [6.07, 6.45) is 0.717. The second-order valence-corrected chi connectivity index (χ2v) is 6.31. The van der Waals surface area contributed by atoms with Crippen LogP contribution in [-0.2, 0) is 10.0 Å². The number of benzene rings is 1. The summed E-state index contributed by atoms with van der Waals surface area (Å²) in [7, 11) is -3.78. The zero-order valence-electron chi connectivity index (χ0n) is 10.6. The average molecular weight is 309 g/mol. The van der Waals surface area contributed by atoms with Crippen LogP contribution in [0.25, 0.3) is 0 Å². The van der Waals surface area contributed by atoms with Gasteiger partial charge in [-0.15, -0.1) is 12.4 Å². The first-order valence-corrected chi connectivity index (χ1v) is 7.46. The van der Waals surface area contributed by atoms with Crippen LogP contribution in [0.1, 0.15) is 13.3 Å². The maximum absolute atomic E-state index is 13.5. The van der Waals surface area contributed by atoms with Crippen molar-refractivity contribution in [1.82, 2.24) is 10.0 Å². The average Bonchev–Trinajstić information content (AvgIpc) is 2.32. The van der Waals surface area contributed by atoms with E-state index in [4.69, 9.17) is 0 Å². The van der Waals surface area contributed by atoms with Gasteiger partial charge < -0.3 is 5.32 Å². The summed E-state index contributed by atoms with van der Waals surface area (Å²) in [5.41, 5.74) is 0. The van der Waals surface area contributed by atoms with Gasteiger partial charge in [-0.05, 0) is 37.6 Å². The van der Waals surface area contributed by atoms with E-state index in [0.29, 0.717) is 0 Å². The Bertz CT molecular complexity index is 524. The van der Waals surface area contributed by atoms with E-state index < -0.39 is 15.8 Å². The van der Waals surface area contributed by atoms with Crippen molar-refractivity contribution in [2.24, 2.45) is 5.92 Å². The van der Waals surface area contributed by atoms with Crippen molar-refractivity contribution in [1.29, 1.82) is 0 Å². The third-order valence-corrected chi connectivity index (χ3v) is 4.74. The molecular weight excluding hydrogens is 291 g/mol. The molecule has 0 saturated carbocycles.